The smallest absolute Gasteiger partial charge is 0.175 e. The molecule has 2 aromatic carbocycles. The van der Waals surface area contributed by atoms with Crippen molar-refractivity contribution in [2.24, 2.45) is 5.73 Å². The van der Waals surface area contributed by atoms with Gasteiger partial charge in [0.05, 0.1) is 9.37 Å². The molecule has 0 saturated carbocycles. The molecule has 0 aromatic heterocycles. The molecule has 0 spiro atoms. The molecular weight excluding hydrogens is 356 g/mol. The Balaban J connectivity index is 2.33. The molecular formula is C14H13BrN2O3S. The van der Waals surface area contributed by atoms with E-state index in [9.17, 15) is 8.42 Å². The van der Waals surface area contributed by atoms with E-state index < -0.39 is 9.84 Å². The number of ether oxygens (including phenoxy) is 1. The first-order valence-electron chi connectivity index (χ1n) is 5.89. The van der Waals surface area contributed by atoms with Gasteiger partial charge in [0.15, 0.2) is 9.84 Å². The Morgan fingerprint density at radius 3 is 2.52 bits per heavy atom. The fraction of sp³-hybridized carbons (Fsp3) is 0.0714. The lowest BCUT2D eigenvalue weighted by Crippen LogP contribution is -2.10. The molecule has 0 aliphatic rings. The van der Waals surface area contributed by atoms with Gasteiger partial charge in [-0.2, -0.15) is 0 Å². The number of rotatable bonds is 4. The van der Waals surface area contributed by atoms with E-state index in [1.807, 2.05) is 0 Å². The van der Waals surface area contributed by atoms with Crippen molar-refractivity contribution in [1.82, 2.24) is 0 Å². The fourth-order valence-corrected chi connectivity index (χ4v) is 2.76. The third-order valence-corrected chi connectivity index (χ3v) is 4.43. The van der Waals surface area contributed by atoms with Gasteiger partial charge >= 0.3 is 0 Å². The number of benzene rings is 2. The third kappa shape index (κ3) is 3.83. The molecule has 2 aromatic rings. The Kier molecular flexibility index (Phi) is 4.34. The second-order valence-electron chi connectivity index (χ2n) is 4.41. The molecule has 0 radical (unpaired) electrons. The van der Waals surface area contributed by atoms with E-state index in [-0.39, 0.29) is 10.7 Å². The lowest BCUT2D eigenvalue weighted by atomic mass is 10.2. The van der Waals surface area contributed by atoms with Crippen LogP contribution in [0.15, 0.2) is 51.8 Å². The maximum absolute atomic E-state index is 11.5. The Hall–Kier alpha value is -1.86. The Bertz CT molecular complexity index is 804. The number of amidine groups is 1. The van der Waals surface area contributed by atoms with Crippen molar-refractivity contribution in [3.05, 3.63) is 52.5 Å². The number of hydrogen-bond donors (Lipinski definition) is 2. The number of sulfone groups is 1. The zero-order valence-corrected chi connectivity index (χ0v) is 13.5. The summed E-state index contributed by atoms with van der Waals surface area (Å²) in [5, 5.41) is 7.37. The SMILES string of the molecule is CS(=O)(=O)c1cccc(Oc2ccc(C(=N)N)cc2Br)c1. The molecule has 0 unspecified atom stereocenters. The summed E-state index contributed by atoms with van der Waals surface area (Å²) in [4.78, 5) is 0.191. The summed E-state index contributed by atoms with van der Waals surface area (Å²) in [6.07, 6.45) is 1.14. The molecule has 21 heavy (non-hydrogen) atoms. The van der Waals surface area contributed by atoms with Gasteiger partial charge in [0.1, 0.15) is 17.3 Å². The van der Waals surface area contributed by atoms with Crippen molar-refractivity contribution in [2.45, 2.75) is 4.90 Å². The minimum absolute atomic E-state index is 0.0404. The Morgan fingerprint density at radius 1 is 1.24 bits per heavy atom. The average Bonchev–Trinajstić information content (AvgIpc) is 2.40. The summed E-state index contributed by atoms with van der Waals surface area (Å²) >= 11 is 3.34. The Morgan fingerprint density at radius 2 is 1.95 bits per heavy atom. The second-order valence-corrected chi connectivity index (χ2v) is 7.28. The van der Waals surface area contributed by atoms with E-state index in [1.54, 1.807) is 30.3 Å². The van der Waals surface area contributed by atoms with Crippen molar-refractivity contribution < 1.29 is 13.2 Å². The van der Waals surface area contributed by atoms with Gasteiger partial charge in [-0.15, -0.1) is 0 Å². The summed E-state index contributed by atoms with van der Waals surface area (Å²) in [5.74, 6) is 0.876. The van der Waals surface area contributed by atoms with Crippen molar-refractivity contribution in [2.75, 3.05) is 6.26 Å². The van der Waals surface area contributed by atoms with Gasteiger partial charge in [0, 0.05) is 11.8 Å². The first-order valence-corrected chi connectivity index (χ1v) is 8.58. The van der Waals surface area contributed by atoms with Gasteiger partial charge in [-0.3, -0.25) is 5.41 Å². The van der Waals surface area contributed by atoms with Crippen LogP contribution in [0.5, 0.6) is 11.5 Å². The lowest BCUT2D eigenvalue weighted by molar-refractivity contribution is 0.477. The van der Waals surface area contributed by atoms with Crippen LogP contribution in [0.4, 0.5) is 0 Å². The van der Waals surface area contributed by atoms with E-state index in [0.717, 1.165) is 6.26 Å². The normalized spacial score (nSPS) is 11.1. The third-order valence-electron chi connectivity index (χ3n) is 2.70. The summed E-state index contributed by atoms with van der Waals surface area (Å²) in [7, 11) is -3.28. The number of hydrogen-bond acceptors (Lipinski definition) is 4. The maximum atomic E-state index is 11.5. The predicted molar refractivity (Wildman–Crippen MR) is 84.8 cm³/mol. The van der Waals surface area contributed by atoms with Gasteiger partial charge in [-0.25, -0.2) is 8.42 Å². The molecule has 0 aliphatic heterocycles. The molecule has 7 heteroatoms. The van der Waals surface area contributed by atoms with Crippen molar-refractivity contribution >= 4 is 31.6 Å². The molecule has 0 atom stereocenters. The number of nitrogen functional groups attached to an aromatic ring is 1. The van der Waals surface area contributed by atoms with Gasteiger partial charge < -0.3 is 10.5 Å². The second kappa shape index (κ2) is 5.87. The molecule has 0 saturated heterocycles. The average molecular weight is 369 g/mol. The molecule has 3 N–H and O–H groups in total. The van der Waals surface area contributed by atoms with Crippen LogP contribution < -0.4 is 10.5 Å². The highest BCUT2D eigenvalue weighted by atomic mass is 79.9. The minimum atomic E-state index is -3.28. The largest absolute Gasteiger partial charge is 0.456 e. The first-order chi connectivity index (χ1) is 9.77. The topological polar surface area (TPSA) is 93.2 Å². The van der Waals surface area contributed by atoms with Crippen LogP contribution in [-0.2, 0) is 9.84 Å². The summed E-state index contributed by atoms with van der Waals surface area (Å²) < 4.78 is 29.3. The van der Waals surface area contributed by atoms with Gasteiger partial charge in [0.2, 0.25) is 0 Å². The van der Waals surface area contributed by atoms with E-state index in [1.165, 1.54) is 12.1 Å². The van der Waals surface area contributed by atoms with E-state index in [0.29, 0.717) is 21.5 Å². The molecule has 0 amide bonds. The van der Waals surface area contributed by atoms with Gasteiger partial charge in [-0.05, 0) is 52.3 Å². The maximum Gasteiger partial charge on any atom is 0.175 e. The highest BCUT2D eigenvalue weighted by Gasteiger charge is 2.10. The number of halogens is 1. The summed E-state index contributed by atoms with van der Waals surface area (Å²) in [6.45, 7) is 0. The Labute approximate surface area is 131 Å². The summed E-state index contributed by atoms with van der Waals surface area (Å²) in [5.41, 5.74) is 5.98. The zero-order chi connectivity index (χ0) is 15.6. The predicted octanol–water partition coefficient (Wildman–Crippen LogP) is 2.93. The summed E-state index contributed by atoms with van der Waals surface area (Å²) in [6, 6.07) is 11.2. The monoisotopic (exact) mass is 368 g/mol. The van der Waals surface area contributed by atoms with Crippen LogP contribution in [0.25, 0.3) is 0 Å². The van der Waals surface area contributed by atoms with E-state index in [4.69, 9.17) is 15.9 Å². The van der Waals surface area contributed by atoms with Crippen LogP contribution >= 0.6 is 15.9 Å². The van der Waals surface area contributed by atoms with Crippen LogP contribution in [0.3, 0.4) is 0 Å². The highest BCUT2D eigenvalue weighted by molar-refractivity contribution is 9.10. The van der Waals surface area contributed by atoms with Gasteiger partial charge in [-0.1, -0.05) is 6.07 Å². The zero-order valence-electron chi connectivity index (χ0n) is 11.1. The van der Waals surface area contributed by atoms with Crippen LogP contribution in [0, 0.1) is 5.41 Å². The van der Waals surface area contributed by atoms with Crippen molar-refractivity contribution in [3.8, 4) is 11.5 Å². The van der Waals surface area contributed by atoms with Crippen LogP contribution in [0.1, 0.15) is 5.56 Å². The molecule has 110 valence electrons. The number of nitrogens with two attached hydrogens (primary N) is 1. The number of nitrogens with one attached hydrogen (secondary N) is 1. The molecule has 2 rings (SSSR count). The quantitative estimate of drug-likeness (QED) is 0.640. The molecule has 0 aliphatic carbocycles. The van der Waals surface area contributed by atoms with Crippen LogP contribution in [0.2, 0.25) is 0 Å². The highest BCUT2D eigenvalue weighted by Crippen LogP contribution is 2.31. The van der Waals surface area contributed by atoms with Crippen molar-refractivity contribution in [3.63, 3.8) is 0 Å². The molecule has 5 nitrogen and oxygen atoms in total. The molecule has 0 fully saturated rings. The van der Waals surface area contributed by atoms with E-state index >= 15 is 0 Å². The standard InChI is InChI=1S/C14H13BrN2O3S/c1-21(18,19)11-4-2-3-10(8-11)20-13-6-5-9(14(16)17)7-12(13)15/h2-8H,1H3,(H3,16,17). The fourth-order valence-electron chi connectivity index (χ4n) is 1.65. The molecule has 0 heterocycles. The van der Waals surface area contributed by atoms with Crippen LogP contribution in [-0.4, -0.2) is 20.5 Å². The van der Waals surface area contributed by atoms with E-state index in [2.05, 4.69) is 15.9 Å². The first kappa shape index (κ1) is 15.5. The molecule has 0 bridgehead atoms. The van der Waals surface area contributed by atoms with Gasteiger partial charge in [0.25, 0.3) is 0 Å². The van der Waals surface area contributed by atoms with Crippen molar-refractivity contribution in [1.29, 1.82) is 5.41 Å². The minimum Gasteiger partial charge on any atom is -0.456 e. The lowest BCUT2D eigenvalue weighted by Gasteiger charge is -2.10.